The Labute approximate surface area is 160 Å². The zero-order chi connectivity index (χ0) is 18.8. The Balaban J connectivity index is 3.07. The highest BCUT2D eigenvalue weighted by Crippen LogP contribution is 2.16. The summed E-state index contributed by atoms with van der Waals surface area (Å²) in [5.41, 5.74) is 0. The molecule has 0 aliphatic carbocycles. The van der Waals surface area contributed by atoms with Crippen LogP contribution in [-0.4, -0.2) is 11.2 Å². The van der Waals surface area contributed by atoms with Gasteiger partial charge in [0.15, 0.2) is 0 Å². The molecule has 0 saturated carbocycles. The Morgan fingerprint density at radius 2 is 0.760 bits per heavy atom. The molecule has 0 fully saturated rings. The van der Waals surface area contributed by atoms with Crippen LogP contribution in [0, 0.1) is 11.8 Å². The van der Waals surface area contributed by atoms with Gasteiger partial charge in [0.05, 0.1) is 6.10 Å². The largest absolute Gasteiger partial charge is 0.393 e. The first-order valence-electron chi connectivity index (χ1n) is 11.7. The zero-order valence-corrected chi connectivity index (χ0v) is 18.2. The van der Waals surface area contributed by atoms with Crippen LogP contribution in [0.2, 0.25) is 0 Å². The van der Waals surface area contributed by atoms with Gasteiger partial charge in [0.1, 0.15) is 0 Å². The molecular formula is C24H50O. The van der Waals surface area contributed by atoms with Gasteiger partial charge in [-0.15, -0.1) is 0 Å². The first-order valence-corrected chi connectivity index (χ1v) is 11.7. The van der Waals surface area contributed by atoms with E-state index in [4.69, 9.17) is 0 Å². The molecule has 1 nitrogen and oxygen atoms in total. The van der Waals surface area contributed by atoms with Crippen molar-refractivity contribution in [3.8, 4) is 0 Å². The lowest BCUT2D eigenvalue weighted by Crippen LogP contribution is -2.09. The van der Waals surface area contributed by atoms with Gasteiger partial charge < -0.3 is 5.11 Å². The molecule has 0 saturated heterocycles. The van der Waals surface area contributed by atoms with Crippen molar-refractivity contribution in [1.29, 1.82) is 0 Å². The fourth-order valence-corrected chi connectivity index (χ4v) is 3.72. The second-order valence-electron chi connectivity index (χ2n) is 9.20. The minimum atomic E-state index is -0.0600. The van der Waals surface area contributed by atoms with Crippen LogP contribution in [0.4, 0.5) is 0 Å². The van der Waals surface area contributed by atoms with E-state index in [0.29, 0.717) is 5.92 Å². The highest BCUT2D eigenvalue weighted by Gasteiger charge is 2.06. The molecule has 1 heteroatoms. The number of aliphatic hydroxyl groups excluding tert-OH is 1. The number of hydrogen-bond acceptors (Lipinski definition) is 1. The lowest BCUT2D eigenvalue weighted by atomic mass is 10.00. The Morgan fingerprint density at radius 3 is 1.08 bits per heavy atom. The molecule has 0 heterocycles. The van der Waals surface area contributed by atoms with Crippen LogP contribution in [0.15, 0.2) is 0 Å². The van der Waals surface area contributed by atoms with E-state index in [1.165, 1.54) is 96.3 Å². The van der Waals surface area contributed by atoms with E-state index < -0.39 is 0 Å². The van der Waals surface area contributed by atoms with E-state index in [-0.39, 0.29) is 6.10 Å². The van der Waals surface area contributed by atoms with Crippen LogP contribution in [0.5, 0.6) is 0 Å². The molecule has 0 aromatic carbocycles. The molecule has 0 aliphatic heterocycles. The quantitative estimate of drug-likeness (QED) is 0.231. The van der Waals surface area contributed by atoms with E-state index >= 15 is 0 Å². The van der Waals surface area contributed by atoms with E-state index in [1.54, 1.807) is 0 Å². The molecular weight excluding hydrogens is 304 g/mol. The maximum absolute atomic E-state index is 9.85. The minimum Gasteiger partial charge on any atom is -0.393 e. The predicted molar refractivity (Wildman–Crippen MR) is 114 cm³/mol. The van der Waals surface area contributed by atoms with Gasteiger partial charge in [-0.25, -0.2) is 0 Å². The Hall–Kier alpha value is -0.0400. The maximum Gasteiger partial charge on any atom is 0.0542 e. The van der Waals surface area contributed by atoms with E-state index in [1.807, 2.05) is 0 Å². The third-order valence-corrected chi connectivity index (χ3v) is 5.31. The maximum atomic E-state index is 9.85. The topological polar surface area (TPSA) is 20.2 Å². The summed E-state index contributed by atoms with van der Waals surface area (Å²) in [5.74, 6) is 1.51. The third kappa shape index (κ3) is 21.9. The van der Waals surface area contributed by atoms with Crippen molar-refractivity contribution in [2.45, 2.75) is 143 Å². The molecule has 0 spiro atoms. The molecule has 0 aromatic rings. The smallest absolute Gasteiger partial charge is 0.0542 e. The second kappa shape index (κ2) is 18.7. The van der Waals surface area contributed by atoms with Crippen molar-refractivity contribution in [3.63, 3.8) is 0 Å². The first kappa shape index (κ1) is 25.0. The van der Waals surface area contributed by atoms with Gasteiger partial charge in [0, 0.05) is 0 Å². The van der Waals surface area contributed by atoms with Gasteiger partial charge in [0.2, 0.25) is 0 Å². The SMILES string of the molecule is CC(C)CCCCCCCCCCCCCCCCC(O)CC(C)C. The predicted octanol–water partition coefficient (Wildman–Crippen LogP) is 8.29. The molecule has 0 bridgehead atoms. The van der Waals surface area contributed by atoms with Crippen molar-refractivity contribution in [2.75, 3.05) is 0 Å². The minimum absolute atomic E-state index is 0.0600. The highest BCUT2D eigenvalue weighted by molar-refractivity contribution is 4.59. The Bertz CT molecular complexity index is 246. The van der Waals surface area contributed by atoms with Crippen LogP contribution in [0.3, 0.4) is 0 Å². The summed E-state index contributed by atoms with van der Waals surface area (Å²) in [6, 6.07) is 0. The van der Waals surface area contributed by atoms with Gasteiger partial charge in [-0.2, -0.15) is 0 Å². The summed E-state index contributed by atoms with van der Waals surface area (Å²) in [5, 5.41) is 9.85. The fourth-order valence-electron chi connectivity index (χ4n) is 3.72. The summed E-state index contributed by atoms with van der Waals surface area (Å²) >= 11 is 0. The average molecular weight is 355 g/mol. The Morgan fingerprint density at radius 1 is 0.440 bits per heavy atom. The van der Waals surface area contributed by atoms with Gasteiger partial charge in [0.25, 0.3) is 0 Å². The van der Waals surface area contributed by atoms with E-state index in [0.717, 1.165) is 18.8 Å². The summed E-state index contributed by atoms with van der Waals surface area (Å²) in [6.45, 7) is 9.05. The summed E-state index contributed by atoms with van der Waals surface area (Å²) in [4.78, 5) is 0. The molecule has 1 N–H and O–H groups in total. The van der Waals surface area contributed by atoms with Gasteiger partial charge in [-0.05, 0) is 24.7 Å². The fraction of sp³-hybridized carbons (Fsp3) is 1.00. The van der Waals surface area contributed by atoms with E-state index in [2.05, 4.69) is 27.7 Å². The van der Waals surface area contributed by atoms with Gasteiger partial charge >= 0.3 is 0 Å². The standard InChI is InChI=1S/C24H50O/c1-22(2)19-17-15-13-11-9-7-5-6-8-10-12-14-16-18-20-24(25)21-23(3)4/h22-25H,5-21H2,1-4H3. The summed E-state index contributed by atoms with van der Waals surface area (Å²) in [7, 11) is 0. The zero-order valence-electron chi connectivity index (χ0n) is 18.2. The number of hydrogen-bond donors (Lipinski definition) is 1. The Kier molecular flexibility index (Phi) is 18.7. The molecule has 0 rings (SSSR count). The van der Waals surface area contributed by atoms with Crippen molar-refractivity contribution in [3.05, 3.63) is 0 Å². The van der Waals surface area contributed by atoms with Crippen LogP contribution < -0.4 is 0 Å². The van der Waals surface area contributed by atoms with Crippen LogP contribution in [-0.2, 0) is 0 Å². The molecule has 0 aliphatic rings. The lowest BCUT2D eigenvalue weighted by Gasteiger charge is -2.12. The van der Waals surface area contributed by atoms with Crippen molar-refractivity contribution >= 4 is 0 Å². The summed E-state index contributed by atoms with van der Waals surface area (Å²) < 4.78 is 0. The van der Waals surface area contributed by atoms with Crippen molar-refractivity contribution in [1.82, 2.24) is 0 Å². The molecule has 1 atom stereocenters. The van der Waals surface area contributed by atoms with Crippen LogP contribution >= 0.6 is 0 Å². The van der Waals surface area contributed by atoms with Gasteiger partial charge in [-0.3, -0.25) is 0 Å². The van der Waals surface area contributed by atoms with Crippen molar-refractivity contribution in [2.24, 2.45) is 11.8 Å². The molecule has 0 amide bonds. The van der Waals surface area contributed by atoms with Crippen LogP contribution in [0.25, 0.3) is 0 Å². The van der Waals surface area contributed by atoms with Gasteiger partial charge in [-0.1, -0.05) is 124 Å². The monoisotopic (exact) mass is 354 g/mol. The third-order valence-electron chi connectivity index (χ3n) is 5.31. The number of aliphatic hydroxyl groups is 1. The number of unbranched alkanes of at least 4 members (excludes halogenated alkanes) is 13. The van der Waals surface area contributed by atoms with Crippen LogP contribution in [0.1, 0.15) is 137 Å². The number of rotatable bonds is 19. The normalized spacial score (nSPS) is 13.1. The summed E-state index contributed by atoms with van der Waals surface area (Å²) in [6.07, 6.45) is 23.1. The average Bonchev–Trinajstić information content (AvgIpc) is 2.53. The first-order chi connectivity index (χ1) is 12.0. The molecule has 1 unspecified atom stereocenters. The van der Waals surface area contributed by atoms with E-state index in [9.17, 15) is 5.11 Å². The lowest BCUT2D eigenvalue weighted by molar-refractivity contribution is 0.136. The van der Waals surface area contributed by atoms with Crippen molar-refractivity contribution < 1.29 is 5.11 Å². The molecule has 0 radical (unpaired) electrons. The second-order valence-corrected chi connectivity index (χ2v) is 9.20. The molecule has 25 heavy (non-hydrogen) atoms. The molecule has 0 aromatic heterocycles. The highest BCUT2D eigenvalue weighted by atomic mass is 16.3. The molecule has 152 valence electrons.